The van der Waals surface area contributed by atoms with Gasteiger partial charge in [-0.05, 0) is 23.6 Å². The van der Waals surface area contributed by atoms with Crippen molar-refractivity contribution in [1.82, 2.24) is 10.2 Å². The summed E-state index contributed by atoms with van der Waals surface area (Å²) in [5, 5.41) is 2.75. The van der Waals surface area contributed by atoms with Gasteiger partial charge in [-0.25, -0.2) is 0 Å². The lowest BCUT2D eigenvalue weighted by molar-refractivity contribution is -0.140. The molecule has 0 bridgehead atoms. The van der Waals surface area contributed by atoms with Crippen LogP contribution in [0.15, 0.2) is 84.9 Å². The Morgan fingerprint density at radius 3 is 2.03 bits per heavy atom. The van der Waals surface area contributed by atoms with Crippen LogP contribution in [0.25, 0.3) is 0 Å². The topological polar surface area (TPSA) is 49.4 Å². The zero-order valence-corrected chi connectivity index (χ0v) is 17.5. The van der Waals surface area contributed by atoms with Gasteiger partial charge >= 0.3 is 0 Å². The highest BCUT2D eigenvalue weighted by Crippen LogP contribution is 2.17. The highest BCUT2D eigenvalue weighted by Gasteiger charge is 2.29. The number of hydrogen-bond donors (Lipinski definition) is 1. The number of hydrogen-bond acceptors (Lipinski definition) is 2. The fourth-order valence-corrected chi connectivity index (χ4v) is 3.60. The molecule has 154 valence electrons. The molecule has 0 heterocycles. The van der Waals surface area contributed by atoms with Gasteiger partial charge in [0.05, 0.1) is 6.42 Å². The summed E-state index contributed by atoms with van der Waals surface area (Å²) in [7, 11) is 1.62. The van der Waals surface area contributed by atoms with E-state index in [4.69, 9.17) is 0 Å². The van der Waals surface area contributed by atoms with Crippen LogP contribution in [0.1, 0.15) is 22.3 Å². The average molecular weight is 401 g/mol. The lowest BCUT2D eigenvalue weighted by atomic mass is 10.0. The number of nitrogens with zero attached hydrogens (tertiary/aromatic N) is 1. The molecule has 0 saturated heterocycles. The summed E-state index contributed by atoms with van der Waals surface area (Å²) in [5.74, 6) is -0.222. The van der Waals surface area contributed by atoms with Crippen molar-refractivity contribution in [3.8, 4) is 0 Å². The zero-order valence-electron chi connectivity index (χ0n) is 17.5. The first-order valence-corrected chi connectivity index (χ1v) is 10.2. The van der Waals surface area contributed by atoms with Crippen LogP contribution in [-0.4, -0.2) is 29.8 Å². The molecule has 3 rings (SSSR count). The molecule has 0 aliphatic carbocycles. The monoisotopic (exact) mass is 400 g/mol. The third-order valence-corrected chi connectivity index (χ3v) is 5.15. The Labute approximate surface area is 178 Å². The molecule has 30 heavy (non-hydrogen) atoms. The van der Waals surface area contributed by atoms with E-state index in [2.05, 4.69) is 11.4 Å². The lowest BCUT2D eigenvalue weighted by Crippen LogP contribution is -2.50. The van der Waals surface area contributed by atoms with Crippen LogP contribution in [-0.2, 0) is 29.0 Å². The van der Waals surface area contributed by atoms with Crippen molar-refractivity contribution in [2.45, 2.75) is 32.4 Å². The maximum absolute atomic E-state index is 13.4. The minimum Gasteiger partial charge on any atom is -0.357 e. The first-order chi connectivity index (χ1) is 14.6. The molecule has 0 aliphatic rings. The van der Waals surface area contributed by atoms with E-state index in [0.717, 1.165) is 22.3 Å². The number of benzene rings is 3. The number of amides is 2. The fourth-order valence-electron chi connectivity index (χ4n) is 3.60. The van der Waals surface area contributed by atoms with E-state index in [1.165, 1.54) is 0 Å². The van der Waals surface area contributed by atoms with Crippen LogP contribution in [0.5, 0.6) is 0 Å². The zero-order chi connectivity index (χ0) is 21.3. The molecule has 3 aromatic rings. The van der Waals surface area contributed by atoms with Crippen LogP contribution in [0.4, 0.5) is 0 Å². The number of nitrogens with one attached hydrogen (secondary N) is 1. The average Bonchev–Trinajstić information content (AvgIpc) is 2.77. The molecule has 0 fully saturated rings. The predicted octanol–water partition coefficient (Wildman–Crippen LogP) is 3.92. The molecule has 0 radical (unpaired) electrons. The van der Waals surface area contributed by atoms with Gasteiger partial charge in [0, 0.05) is 20.0 Å². The standard InChI is InChI=1S/C26H28N2O2/c1-20-10-9-15-23(16-20)19-28(25(29)18-22-13-7-4-8-14-22)24(26(30)27-2)17-21-11-5-3-6-12-21/h3-16,24H,17-19H2,1-2H3,(H,27,30). The van der Waals surface area contributed by atoms with Crippen LogP contribution >= 0.6 is 0 Å². The maximum atomic E-state index is 13.4. The van der Waals surface area contributed by atoms with E-state index in [0.29, 0.717) is 13.0 Å². The highest BCUT2D eigenvalue weighted by molar-refractivity contribution is 5.88. The van der Waals surface area contributed by atoms with Gasteiger partial charge in [0.25, 0.3) is 0 Å². The van der Waals surface area contributed by atoms with Crippen molar-refractivity contribution in [3.05, 3.63) is 107 Å². The van der Waals surface area contributed by atoms with Gasteiger partial charge in [-0.1, -0.05) is 90.5 Å². The Balaban J connectivity index is 1.93. The SMILES string of the molecule is CNC(=O)C(Cc1ccccc1)N(Cc1cccc(C)c1)C(=O)Cc1ccccc1. The van der Waals surface area contributed by atoms with Crippen molar-refractivity contribution in [1.29, 1.82) is 0 Å². The lowest BCUT2D eigenvalue weighted by Gasteiger charge is -2.31. The second-order valence-corrected chi connectivity index (χ2v) is 7.49. The molecular formula is C26H28N2O2. The van der Waals surface area contributed by atoms with E-state index >= 15 is 0 Å². The Bertz CT molecular complexity index is 971. The Morgan fingerprint density at radius 1 is 0.833 bits per heavy atom. The Morgan fingerprint density at radius 2 is 1.43 bits per heavy atom. The second kappa shape index (κ2) is 10.4. The first kappa shape index (κ1) is 21.3. The van der Waals surface area contributed by atoms with Crippen LogP contribution in [0.3, 0.4) is 0 Å². The van der Waals surface area contributed by atoms with Crippen LogP contribution < -0.4 is 5.32 Å². The van der Waals surface area contributed by atoms with E-state index in [1.807, 2.05) is 85.8 Å². The third-order valence-electron chi connectivity index (χ3n) is 5.15. The Hall–Kier alpha value is -3.40. The van der Waals surface area contributed by atoms with Crippen LogP contribution in [0.2, 0.25) is 0 Å². The summed E-state index contributed by atoms with van der Waals surface area (Å²) in [6.45, 7) is 2.41. The smallest absolute Gasteiger partial charge is 0.242 e. The van der Waals surface area contributed by atoms with Crippen molar-refractivity contribution >= 4 is 11.8 Å². The fraction of sp³-hybridized carbons (Fsp3) is 0.231. The molecule has 4 nitrogen and oxygen atoms in total. The summed E-state index contributed by atoms with van der Waals surface area (Å²) in [5.41, 5.74) is 4.10. The molecule has 1 unspecified atom stereocenters. The number of carbonyl (C=O) groups excluding carboxylic acids is 2. The van der Waals surface area contributed by atoms with Gasteiger partial charge in [0.15, 0.2) is 0 Å². The predicted molar refractivity (Wildman–Crippen MR) is 120 cm³/mol. The molecule has 0 saturated carbocycles. The Kier molecular flexibility index (Phi) is 7.39. The van der Waals surface area contributed by atoms with Gasteiger partial charge in [0.2, 0.25) is 11.8 Å². The molecule has 0 aliphatic heterocycles. The molecule has 0 aromatic heterocycles. The molecule has 1 N–H and O–H groups in total. The third kappa shape index (κ3) is 5.80. The molecule has 1 atom stereocenters. The maximum Gasteiger partial charge on any atom is 0.242 e. The number of carbonyl (C=O) groups is 2. The van der Waals surface area contributed by atoms with Crippen LogP contribution in [0, 0.1) is 6.92 Å². The molecule has 4 heteroatoms. The molecular weight excluding hydrogens is 372 g/mol. The van der Waals surface area contributed by atoms with E-state index in [9.17, 15) is 9.59 Å². The normalized spacial score (nSPS) is 11.5. The van der Waals surface area contributed by atoms with Gasteiger partial charge < -0.3 is 10.2 Å². The first-order valence-electron chi connectivity index (χ1n) is 10.2. The minimum atomic E-state index is -0.589. The quantitative estimate of drug-likeness (QED) is 0.623. The van der Waals surface area contributed by atoms with E-state index in [-0.39, 0.29) is 18.2 Å². The second-order valence-electron chi connectivity index (χ2n) is 7.49. The van der Waals surface area contributed by atoms with E-state index in [1.54, 1.807) is 11.9 Å². The summed E-state index contributed by atoms with van der Waals surface area (Å²) >= 11 is 0. The van der Waals surface area contributed by atoms with Gasteiger partial charge in [0.1, 0.15) is 6.04 Å². The number of aryl methyl sites for hydroxylation is 1. The summed E-state index contributed by atoms with van der Waals surface area (Å²) in [6, 6.07) is 27.0. The van der Waals surface area contributed by atoms with Gasteiger partial charge in [-0.15, -0.1) is 0 Å². The number of likely N-dealkylation sites (N-methyl/N-ethyl adjacent to an activating group) is 1. The highest BCUT2D eigenvalue weighted by atomic mass is 16.2. The van der Waals surface area contributed by atoms with Gasteiger partial charge in [-0.2, -0.15) is 0 Å². The summed E-state index contributed by atoms with van der Waals surface area (Å²) in [6.07, 6.45) is 0.724. The van der Waals surface area contributed by atoms with Crippen molar-refractivity contribution < 1.29 is 9.59 Å². The summed E-state index contributed by atoms with van der Waals surface area (Å²) < 4.78 is 0. The molecule has 3 aromatic carbocycles. The summed E-state index contributed by atoms with van der Waals surface area (Å²) in [4.78, 5) is 28.0. The van der Waals surface area contributed by atoms with Crippen molar-refractivity contribution in [2.24, 2.45) is 0 Å². The largest absolute Gasteiger partial charge is 0.357 e. The molecule has 2 amide bonds. The minimum absolute atomic E-state index is 0.0627. The van der Waals surface area contributed by atoms with E-state index < -0.39 is 6.04 Å². The van der Waals surface area contributed by atoms with Crippen molar-refractivity contribution in [3.63, 3.8) is 0 Å². The molecule has 0 spiro atoms. The number of rotatable bonds is 8. The van der Waals surface area contributed by atoms with Crippen molar-refractivity contribution in [2.75, 3.05) is 7.05 Å². The van der Waals surface area contributed by atoms with Gasteiger partial charge in [-0.3, -0.25) is 9.59 Å².